The molecule has 0 unspecified atom stereocenters. The molecule has 1 N–H and O–H groups in total. The third-order valence-electron chi connectivity index (χ3n) is 3.28. The van der Waals surface area contributed by atoms with Crippen molar-refractivity contribution in [3.63, 3.8) is 0 Å². The van der Waals surface area contributed by atoms with Crippen molar-refractivity contribution >= 4 is 28.7 Å². The molecule has 6 nitrogen and oxygen atoms in total. The molecule has 10 heteroatoms. The molecule has 0 radical (unpaired) electrons. The number of fused-ring (bicyclic) bond motifs is 1. The van der Waals surface area contributed by atoms with Gasteiger partial charge >= 0.3 is 5.97 Å². The van der Waals surface area contributed by atoms with E-state index in [0.29, 0.717) is 11.1 Å². The summed E-state index contributed by atoms with van der Waals surface area (Å²) in [4.78, 5) is 27.4. The summed E-state index contributed by atoms with van der Waals surface area (Å²) < 4.78 is 62.8. The van der Waals surface area contributed by atoms with Crippen LogP contribution < -0.4 is 5.32 Å². The number of carbonyl (C=O) groups is 2. The van der Waals surface area contributed by atoms with Crippen LogP contribution in [0, 0.1) is 23.3 Å². The Morgan fingerprint density at radius 2 is 1.77 bits per heavy atom. The van der Waals surface area contributed by atoms with E-state index in [9.17, 15) is 27.2 Å². The average molecular weight is 368 g/mol. The summed E-state index contributed by atoms with van der Waals surface area (Å²) in [5, 5.41) is 1.62. The van der Waals surface area contributed by atoms with Crippen molar-refractivity contribution in [2.45, 2.75) is 0 Å². The monoisotopic (exact) mass is 368 g/mol. The van der Waals surface area contributed by atoms with Crippen LogP contribution in [0.1, 0.15) is 10.4 Å². The average Bonchev–Trinajstić information content (AvgIpc) is 3.09. The summed E-state index contributed by atoms with van der Waals surface area (Å²) >= 11 is 0. The molecule has 1 amide bonds. The molecule has 26 heavy (non-hydrogen) atoms. The predicted molar refractivity (Wildman–Crippen MR) is 79.2 cm³/mol. The second-order valence-electron chi connectivity index (χ2n) is 5.00. The van der Waals surface area contributed by atoms with E-state index in [2.05, 4.69) is 9.72 Å². The molecule has 0 fully saturated rings. The van der Waals surface area contributed by atoms with Gasteiger partial charge in [-0.1, -0.05) is 0 Å². The number of hydrogen-bond acceptors (Lipinski definition) is 5. The summed E-state index contributed by atoms with van der Waals surface area (Å²) in [5.74, 6) is -9.04. The van der Waals surface area contributed by atoms with Crippen LogP contribution in [0.5, 0.6) is 0 Å². The summed E-state index contributed by atoms with van der Waals surface area (Å²) in [6.45, 7) is -0.940. The minimum Gasteiger partial charge on any atom is -0.452 e. The zero-order valence-electron chi connectivity index (χ0n) is 12.7. The molecule has 0 spiro atoms. The van der Waals surface area contributed by atoms with Crippen LogP contribution in [0.3, 0.4) is 0 Å². The number of aromatic nitrogens is 1. The molecular formula is C16H8F4N2O4. The number of halogens is 4. The number of oxazole rings is 1. The fraction of sp³-hybridized carbons (Fsp3) is 0.0625. The first-order valence-corrected chi connectivity index (χ1v) is 7.00. The topological polar surface area (TPSA) is 81.4 Å². The SMILES string of the molecule is O=C(COC(=O)c1ccc2ncoc2c1)Nc1c(F)c(F)cc(F)c1F. The van der Waals surface area contributed by atoms with Crippen molar-refractivity contribution in [1.29, 1.82) is 0 Å². The zero-order valence-corrected chi connectivity index (χ0v) is 12.7. The minimum atomic E-state index is -1.78. The first-order chi connectivity index (χ1) is 12.4. The second-order valence-corrected chi connectivity index (χ2v) is 5.00. The standard InChI is InChI=1S/C16H8F4N2O4/c17-8-4-9(18)14(20)15(13(8)19)22-12(23)5-25-16(24)7-1-2-10-11(3-7)26-6-21-10/h1-4,6H,5H2,(H,22,23). The van der Waals surface area contributed by atoms with E-state index < -0.39 is 47.4 Å². The molecule has 1 heterocycles. The maximum absolute atomic E-state index is 13.5. The number of nitrogens with zero attached hydrogens (tertiary/aromatic N) is 1. The lowest BCUT2D eigenvalue weighted by Crippen LogP contribution is -2.22. The Labute approximate surface area is 142 Å². The number of rotatable bonds is 4. The molecule has 0 saturated carbocycles. The van der Waals surface area contributed by atoms with Crippen LogP contribution in [0.2, 0.25) is 0 Å². The molecule has 0 aliphatic heterocycles. The van der Waals surface area contributed by atoms with Crippen molar-refractivity contribution in [2.75, 3.05) is 11.9 Å². The number of nitrogens with one attached hydrogen (secondary N) is 1. The molecule has 134 valence electrons. The lowest BCUT2D eigenvalue weighted by molar-refractivity contribution is -0.119. The molecule has 0 aliphatic rings. The number of benzene rings is 2. The summed E-state index contributed by atoms with van der Waals surface area (Å²) in [5.41, 5.74) is -0.468. The molecule has 3 aromatic rings. The van der Waals surface area contributed by atoms with Crippen LogP contribution in [0.15, 0.2) is 35.1 Å². The highest BCUT2D eigenvalue weighted by molar-refractivity contribution is 5.97. The van der Waals surface area contributed by atoms with E-state index in [-0.39, 0.29) is 11.6 Å². The third-order valence-corrected chi connectivity index (χ3v) is 3.28. The molecule has 0 saturated heterocycles. The fourth-order valence-electron chi connectivity index (χ4n) is 2.05. The first kappa shape index (κ1) is 17.4. The molecule has 3 rings (SSSR count). The number of esters is 1. The maximum atomic E-state index is 13.5. The fourth-order valence-corrected chi connectivity index (χ4v) is 2.05. The van der Waals surface area contributed by atoms with E-state index in [1.165, 1.54) is 24.6 Å². The van der Waals surface area contributed by atoms with E-state index in [4.69, 9.17) is 4.42 Å². The van der Waals surface area contributed by atoms with E-state index >= 15 is 0 Å². The zero-order chi connectivity index (χ0) is 18.8. The van der Waals surface area contributed by atoms with Gasteiger partial charge in [0.15, 0.2) is 41.9 Å². The van der Waals surface area contributed by atoms with E-state index in [1.54, 1.807) is 5.32 Å². The van der Waals surface area contributed by atoms with Crippen molar-refractivity contribution in [1.82, 2.24) is 4.98 Å². The maximum Gasteiger partial charge on any atom is 0.338 e. The van der Waals surface area contributed by atoms with Gasteiger partial charge < -0.3 is 14.5 Å². The van der Waals surface area contributed by atoms with Crippen LogP contribution in [-0.2, 0) is 9.53 Å². The van der Waals surface area contributed by atoms with Gasteiger partial charge in [-0.05, 0) is 18.2 Å². The number of ether oxygens (including phenoxy) is 1. The number of hydrogen-bond donors (Lipinski definition) is 1. The number of carbonyl (C=O) groups excluding carboxylic acids is 2. The lowest BCUT2D eigenvalue weighted by atomic mass is 10.2. The molecular weight excluding hydrogens is 360 g/mol. The van der Waals surface area contributed by atoms with Crippen LogP contribution in [0.4, 0.5) is 23.2 Å². The predicted octanol–water partition coefficient (Wildman–Crippen LogP) is 3.18. The highest BCUT2D eigenvalue weighted by Gasteiger charge is 2.21. The Morgan fingerprint density at radius 1 is 1.08 bits per heavy atom. The largest absolute Gasteiger partial charge is 0.452 e. The Kier molecular flexibility index (Phi) is 4.57. The van der Waals surface area contributed by atoms with Crippen molar-refractivity contribution in [3.8, 4) is 0 Å². The minimum absolute atomic E-state index is 0.0000163. The van der Waals surface area contributed by atoms with Crippen molar-refractivity contribution < 1.29 is 36.3 Å². The van der Waals surface area contributed by atoms with Gasteiger partial charge in [-0.15, -0.1) is 0 Å². The van der Waals surface area contributed by atoms with Gasteiger partial charge in [0.25, 0.3) is 5.91 Å². The molecule has 0 aliphatic carbocycles. The smallest absolute Gasteiger partial charge is 0.338 e. The van der Waals surface area contributed by atoms with E-state index in [1.807, 2.05) is 0 Å². The second kappa shape index (κ2) is 6.82. The van der Waals surface area contributed by atoms with Crippen LogP contribution >= 0.6 is 0 Å². The Hall–Kier alpha value is -3.43. The van der Waals surface area contributed by atoms with Gasteiger partial charge in [-0.2, -0.15) is 0 Å². The lowest BCUT2D eigenvalue weighted by Gasteiger charge is -2.09. The first-order valence-electron chi connectivity index (χ1n) is 7.00. The van der Waals surface area contributed by atoms with Gasteiger partial charge in [0, 0.05) is 6.07 Å². The highest BCUT2D eigenvalue weighted by atomic mass is 19.2. The molecule has 1 aromatic heterocycles. The van der Waals surface area contributed by atoms with Gasteiger partial charge in [0.1, 0.15) is 11.2 Å². The van der Waals surface area contributed by atoms with Crippen LogP contribution in [-0.4, -0.2) is 23.5 Å². The molecule has 2 aromatic carbocycles. The van der Waals surface area contributed by atoms with Gasteiger partial charge in [-0.3, -0.25) is 4.79 Å². The molecule has 0 bridgehead atoms. The Morgan fingerprint density at radius 3 is 2.46 bits per heavy atom. The number of amides is 1. The van der Waals surface area contributed by atoms with Gasteiger partial charge in [-0.25, -0.2) is 27.3 Å². The quantitative estimate of drug-likeness (QED) is 0.435. The Bertz CT molecular complexity index is 993. The van der Waals surface area contributed by atoms with Gasteiger partial charge in [0.2, 0.25) is 0 Å². The highest BCUT2D eigenvalue weighted by Crippen LogP contribution is 2.24. The van der Waals surface area contributed by atoms with Crippen molar-refractivity contribution in [2.24, 2.45) is 0 Å². The normalized spacial score (nSPS) is 10.8. The van der Waals surface area contributed by atoms with Gasteiger partial charge in [0.05, 0.1) is 5.56 Å². The summed E-state index contributed by atoms with van der Waals surface area (Å²) in [7, 11) is 0. The number of anilines is 1. The third kappa shape index (κ3) is 3.34. The summed E-state index contributed by atoms with van der Waals surface area (Å²) in [6.07, 6.45) is 1.18. The van der Waals surface area contributed by atoms with E-state index in [0.717, 1.165) is 0 Å². The molecule has 0 atom stereocenters. The Balaban J connectivity index is 1.66. The van der Waals surface area contributed by atoms with Crippen LogP contribution in [0.25, 0.3) is 11.1 Å². The summed E-state index contributed by atoms with van der Waals surface area (Å²) in [6, 6.07) is 4.17. The van der Waals surface area contributed by atoms with Crippen molar-refractivity contribution in [3.05, 3.63) is 59.5 Å².